The lowest BCUT2D eigenvalue weighted by atomic mass is 10.0. The summed E-state index contributed by atoms with van der Waals surface area (Å²) in [5.41, 5.74) is 1.24. The smallest absolute Gasteiger partial charge is 0.253 e. The van der Waals surface area contributed by atoms with Gasteiger partial charge in [0.15, 0.2) is 0 Å². The maximum absolute atomic E-state index is 12.4. The summed E-state index contributed by atoms with van der Waals surface area (Å²) < 4.78 is 0. The first-order chi connectivity index (χ1) is 9.61. The second-order valence-electron chi connectivity index (χ2n) is 5.23. The van der Waals surface area contributed by atoms with Crippen LogP contribution in [0, 0.1) is 0 Å². The van der Waals surface area contributed by atoms with E-state index in [0.717, 1.165) is 37.8 Å². The number of aliphatic hydroxyl groups is 1. The molecule has 0 spiro atoms. The normalized spacial score (nSPS) is 22.9. The highest BCUT2D eigenvalue weighted by Gasteiger charge is 2.24. The van der Waals surface area contributed by atoms with Crippen LogP contribution < -0.4 is 10.6 Å². The predicted octanol–water partition coefficient (Wildman–Crippen LogP) is 2.81. The Balaban J connectivity index is 2.12. The molecule has 1 aromatic rings. The summed E-state index contributed by atoms with van der Waals surface area (Å²) in [5, 5.41) is 16.5. The van der Waals surface area contributed by atoms with E-state index in [4.69, 9.17) is 11.6 Å². The van der Waals surface area contributed by atoms with Crippen LogP contribution in [0.25, 0.3) is 0 Å². The van der Waals surface area contributed by atoms with Crippen molar-refractivity contribution in [3.8, 4) is 0 Å². The zero-order valence-electron chi connectivity index (χ0n) is 11.7. The number of nitrogens with one attached hydrogen (secondary N) is 2. The third-order valence-corrected chi connectivity index (χ3v) is 4.03. The number of amides is 1. The van der Waals surface area contributed by atoms with Crippen molar-refractivity contribution in [3.05, 3.63) is 28.8 Å². The average molecular weight is 297 g/mol. The van der Waals surface area contributed by atoms with Gasteiger partial charge in [0.2, 0.25) is 0 Å². The fraction of sp³-hybridized carbons (Fsp3) is 0.533. The molecule has 20 heavy (non-hydrogen) atoms. The molecule has 2 unspecified atom stereocenters. The number of halogens is 1. The van der Waals surface area contributed by atoms with E-state index in [1.807, 2.05) is 0 Å². The van der Waals surface area contributed by atoms with E-state index in [0.29, 0.717) is 10.6 Å². The standard InChI is InChI=1S/C15H21ClN2O2/c1-17-12-8-7-10(16)9-11(12)15(20)18-13-5-3-2-4-6-14(13)19/h7-9,13-14,17,19H,2-6H2,1H3,(H,18,20). The molecule has 1 fully saturated rings. The Hall–Kier alpha value is -1.26. The van der Waals surface area contributed by atoms with Crippen molar-refractivity contribution in [2.24, 2.45) is 0 Å². The van der Waals surface area contributed by atoms with Gasteiger partial charge in [-0.15, -0.1) is 0 Å². The Morgan fingerprint density at radius 1 is 1.30 bits per heavy atom. The lowest BCUT2D eigenvalue weighted by Gasteiger charge is -2.22. The SMILES string of the molecule is CNc1ccc(Cl)cc1C(=O)NC1CCCCCC1O. The summed E-state index contributed by atoms with van der Waals surface area (Å²) in [7, 11) is 1.76. The second kappa shape index (κ2) is 6.95. The number of rotatable bonds is 3. The molecule has 1 amide bonds. The number of carbonyl (C=O) groups is 1. The van der Waals surface area contributed by atoms with Gasteiger partial charge in [-0.3, -0.25) is 4.79 Å². The van der Waals surface area contributed by atoms with Crippen molar-refractivity contribution >= 4 is 23.2 Å². The van der Waals surface area contributed by atoms with Gasteiger partial charge in [-0.25, -0.2) is 0 Å². The van der Waals surface area contributed by atoms with E-state index >= 15 is 0 Å². The number of hydrogen-bond acceptors (Lipinski definition) is 3. The van der Waals surface area contributed by atoms with Crippen LogP contribution in [0.2, 0.25) is 5.02 Å². The van der Waals surface area contributed by atoms with E-state index in [2.05, 4.69) is 10.6 Å². The van der Waals surface area contributed by atoms with Crippen molar-refractivity contribution in [1.82, 2.24) is 5.32 Å². The second-order valence-corrected chi connectivity index (χ2v) is 5.66. The largest absolute Gasteiger partial charge is 0.391 e. The maximum Gasteiger partial charge on any atom is 0.253 e. The highest BCUT2D eigenvalue weighted by molar-refractivity contribution is 6.31. The first kappa shape index (κ1) is 15.1. The summed E-state index contributed by atoms with van der Waals surface area (Å²) in [6, 6.07) is 4.99. The molecular formula is C15H21ClN2O2. The summed E-state index contributed by atoms with van der Waals surface area (Å²) in [5.74, 6) is -0.192. The minimum Gasteiger partial charge on any atom is -0.391 e. The van der Waals surface area contributed by atoms with Crippen LogP contribution in [-0.2, 0) is 0 Å². The molecule has 2 atom stereocenters. The van der Waals surface area contributed by atoms with Crippen molar-refractivity contribution < 1.29 is 9.90 Å². The average Bonchev–Trinajstić information content (AvgIpc) is 2.64. The highest BCUT2D eigenvalue weighted by atomic mass is 35.5. The third kappa shape index (κ3) is 3.64. The van der Waals surface area contributed by atoms with Crippen LogP contribution in [-0.4, -0.2) is 30.2 Å². The highest BCUT2D eigenvalue weighted by Crippen LogP contribution is 2.22. The molecule has 0 aromatic heterocycles. The molecule has 0 heterocycles. The van der Waals surface area contributed by atoms with Gasteiger partial charge in [-0.1, -0.05) is 30.9 Å². The van der Waals surface area contributed by atoms with E-state index in [-0.39, 0.29) is 11.9 Å². The molecule has 0 saturated heterocycles. The van der Waals surface area contributed by atoms with Crippen LogP contribution in [0.4, 0.5) is 5.69 Å². The lowest BCUT2D eigenvalue weighted by Crippen LogP contribution is -2.42. The summed E-state index contributed by atoms with van der Waals surface area (Å²) in [6.07, 6.45) is 4.28. The van der Waals surface area contributed by atoms with Gasteiger partial charge in [0.25, 0.3) is 5.91 Å². The summed E-state index contributed by atoms with van der Waals surface area (Å²) in [4.78, 5) is 12.4. The van der Waals surface area contributed by atoms with Crippen molar-refractivity contribution in [2.75, 3.05) is 12.4 Å². The maximum atomic E-state index is 12.4. The van der Waals surface area contributed by atoms with E-state index in [9.17, 15) is 9.90 Å². The monoisotopic (exact) mass is 296 g/mol. The van der Waals surface area contributed by atoms with Crippen LogP contribution >= 0.6 is 11.6 Å². The summed E-state index contributed by atoms with van der Waals surface area (Å²) >= 11 is 5.96. The predicted molar refractivity (Wildman–Crippen MR) is 81.3 cm³/mol. The molecule has 5 heteroatoms. The lowest BCUT2D eigenvalue weighted by molar-refractivity contribution is 0.0819. The first-order valence-corrected chi connectivity index (χ1v) is 7.46. The molecule has 1 aliphatic rings. The molecule has 0 aliphatic heterocycles. The van der Waals surface area contributed by atoms with Crippen molar-refractivity contribution in [2.45, 2.75) is 44.2 Å². The van der Waals surface area contributed by atoms with Crippen LogP contribution in [0.1, 0.15) is 42.5 Å². The fourth-order valence-electron chi connectivity index (χ4n) is 2.62. The third-order valence-electron chi connectivity index (χ3n) is 3.79. The molecule has 110 valence electrons. The molecule has 0 radical (unpaired) electrons. The van der Waals surface area contributed by atoms with Gasteiger partial charge < -0.3 is 15.7 Å². The first-order valence-electron chi connectivity index (χ1n) is 7.08. The van der Waals surface area contributed by atoms with Crippen LogP contribution in [0.3, 0.4) is 0 Å². The zero-order chi connectivity index (χ0) is 14.5. The Bertz CT molecular complexity index is 479. The van der Waals surface area contributed by atoms with Crippen molar-refractivity contribution in [1.29, 1.82) is 0 Å². The van der Waals surface area contributed by atoms with Gasteiger partial charge in [0.05, 0.1) is 17.7 Å². The number of benzene rings is 1. The summed E-state index contributed by atoms with van der Waals surface area (Å²) in [6.45, 7) is 0. The topological polar surface area (TPSA) is 61.4 Å². The van der Waals surface area contributed by atoms with Gasteiger partial charge >= 0.3 is 0 Å². The van der Waals surface area contributed by atoms with Gasteiger partial charge in [0, 0.05) is 17.8 Å². The molecule has 1 aromatic carbocycles. The van der Waals surface area contributed by atoms with Crippen LogP contribution in [0.15, 0.2) is 18.2 Å². The Labute approximate surface area is 124 Å². The number of anilines is 1. The van der Waals surface area contributed by atoms with E-state index < -0.39 is 6.10 Å². The van der Waals surface area contributed by atoms with Gasteiger partial charge in [-0.2, -0.15) is 0 Å². The molecule has 3 N–H and O–H groups in total. The molecular weight excluding hydrogens is 276 g/mol. The van der Waals surface area contributed by atoms with Gasteiger partial charge in [0.1, 0.15) is 0 Å². The Morgan fingerprint density at radius 2 is 2.05 bits per heavy atom. The fourth-order valence-corrected chi connectivity index (χ4v) is 2.80. The quantitative estimate of drug-likeness (QED) is 0.752. The van der Waals surface area contributed by atoms with E-state index in [1.54, 1.807) is 25.2 Å². The Kier molecular flexibility index (Phi) is 5.26. The van der Waals surface area contributed by atoms with Crippen LogP contribution in [0.5, 0.6) is 0 Å². The van der Waals surface area contributed by atoms with E-state index in [1.165, 1.54) is 0 Å². The van der Waals surface area contributed by atoms with Crippen molar-refractivity contribution in [3.63, 3.8) is 0 Å². The molecule has 2 rings (SSSR count). The zero-order valence-corrected chi connectivity index (χ0v) is 12.4. The van der Waals surface area contributed by atoms with Gasteiger partial charge in [-0.05, 0) is 31.0 Å². The molecule has 1 aliphatic carbocycles. The Morgan fingerprint density at radius 3 is 2.80 bits per heavy atom. The molecule has 0 bridgehead atoms. The molecule has 4 nitrogen and oxygen atoms in total. The number of carbonyl (C=O) groups excluding carboxylic acids is 1. The molecule has 1 saturated carbocycles. The minimum absolute atomic E-state index is 0.173. The number of hydrogen-bond donors (Lipinski definition) is 3. The number of aliphatic hydroxyl groups excluding tert-OH is 1. The minimum atomic E-state index is -0.460.